The molecule has 0 saturated carbocycles. The predicted molar refractivity (Wildman–Crippen MR) is 80.6 cm³/mol. The van der Waals surface area contributed by atoms with Gasteiger partial charge in [0.15, 0.2) is 0 Å². The number of thiazole rings is 1. The van der Waals surface area contributed by atoms with E-state index in [1.807, 2.05) is 29.3 Å². The summed E-state index contributed by atoms with van der Waals surface area (Å²) in [5.74, 6) is 0.802. The molecule has 2 aromatic rings. The highest BCUT2D eigenvalue weighted by molar-refractivity contribution is 7.09. The van der Waals surface area contributed by atoms with Crippen molar-refractivity contribution in [2.24, 2.45) is 0 Å². The van der Waals surface area contributed by atoms with E-state index in [-0.39, 0.29) is 12.0 Å². The predicted octanol–water partition coefficient (Wildman–Crippen LogP) is 2.53. The van der Waals surface area contributed by atoms with Crippen molar-refractivity contribution in [3.8, 4) is 5.75 Å². The zero-order chi connectivity index (χ0) is 14.7. The van der Waals surface area contributed by atoms with Crippen molar-refractivity contribution in [3.05, 3.63) is 40.6 Å². The number of nitrogens with zero attached hydrogens (tertiary/aromatic N) is 3. The Morgan fingerprint density at radius 2 is 2.24 bits per heavy atom. The number of pyridine rings is 1. The maximum absolute atomic E-state index is 12.4. The number of hydrogen-bond acceptors (Lipinski definition) is 5. The number of hydrogen-bond donors (Lipinski definition) is 0. The minimum absolute atomic E-state index is 0.00220. The molecule has 5 nitrogen and oxygen atoms in total. The molecule has 0 aliphatic carbocycles. The minimum atomic E-state index is 0.00220. The van der Waals surface area contributed by atoms with Gasteiger partial charge in [0, 0.05) is 24.3 Å². The highest BCUT2D eigenvalue weighted by Crippen LogP contribution is 2.19. The van der Waals surface area contributed by atoms with Gasteiger partial charge in [0.2, 0.25) is 0 Å². The van der Waals surface area contributed by atoms with E-state index in [1.54, 1.807) is 12.4 Å². The van der Waals surface area contributed by atoms with E-state index in [0.717, 1.165) is 30.1 Å². The summed E-state index contributed by atoms with van der Waals surface area (Å²) in [5, 5.41) is 2.74. The lowest BCUT2D eigenvalue weighted by Gasteiger charge is -2.32. The number of carbonyl (C=O) groups excluding carboxylic acids is 1. The molecule has 3 heterocycles. The van der Waals surface area contributed by atoms with Crippen LogP contribution in [0.4, 0.5) is 0 Å². The van der Waals surface area contributed by atoms with Crippen molar-refractivity contribution < 1.29 is 9.53 Å². The number of rotatable bonds is 3. The van der Waals surface area contributed by atoms with Crippen LogP contribution >= 0.6 is 11.3 Å². The van der Waals surface area contributed by atoms with Gasteiger partial charge in [-0.3, -0.25) is 9.78 Å². The third-order valence-corrected chi connectivity index (χ3v) is 4.23. The largest absolute Gasteiger partial charge is 0.488 e. The third-order valence-electron chi connectivity index (χ3n) is 3.46. The van der Waals surface area contributed by atoms with Gasteiger partial charge in [0.05, 0.1) is 11.6 Å². The Kier molecular flexibility index (Phi) is 4.15. The third kappa shape index (κ3) is 3.39. The van der Waals surface area contributed by atoms with Gasteiger partial charge in [0.1, 0.15) is 17.5 Å². The number of carbonyl (C=O) groups is 1. The molecule has 1 aliphatic rings. The maximum Gasteiger partial charge on any atom is 0.273 e. The van der Waals surface area contributed by atoms with Gasteiger partial charge in [-0.15, -0.1) is 11.3 Å². The van der Waals surface area contributed by atoms with Gasteiger partial charge in [-0.1, -0.05) is 0 Å². The first-order valence-electron chi connectivity index (χ1n) is 7.00. The normalized spacial score (nSPS) is 18.5. The Labute approximate surface area is 127 Å². The number of aryl methyl sites for hydroxylation is 1. The number of piperidine rings is 1. The zero-order valence-corrected chi connectivity index (χ0v) is 12.7. The summed E-state index contributed by atoms with van der Waals surface area (Å²) in [4.78, 5) is 22.5. The van der Waals surface area contributed by atoms with Crippen LogP contribution in [-0.4, -0.2) is 40.0 Å². The minimum Gasteiger partial charge on any atom is -0.488 e. The van der Waals surface area contributed by atoms with Crippen molar-refractivity contribution in [2.45, 2.75) is 25.9 Å². The van der Waals surface area contributed by atoms with Crippen molar-refractivity contribution in [3.63, 3.8) is 0 Å². The molecule has 1 atom stereocenters. The van der Waals surface area contributed by atoms with Gasteiger partial charge in [0.25, 0.3) is 5.91 Å². The summed E-state index contributed by atoms with van der Waals surface area (Å²) >= 11 is 1.50. The molecule has 0 bridgehead atoms. The Balaban J connectivity index is 1.64. The standard InChI is InChI=1S/C15H17N3O2S/c1-11-17-14(10-21-11)15(19)18-8-2-3-13(9-18)20-12-4-6-16-7-5-12/h4-7,10,13H,2-3,8-9H2,1H3. The molecule has 0 aromatic carbocycles. The van der Waals surface area contributed by atoms with Crippen molar-refractivity contribution in [1.29, 1.82) is 0 Å². The SMILES string of the molecule is Cc1nc(C(=O)N2CCCC(Oc3ccncc3)C2)cs1. The van der Waals surface area contributed by atoms with E-state index in [0.29, 0.717) is 12.2 Å². The summed E-state index contributed by atoms with van der Waals surface area (Å²) in [7, 11) is 0. The molecular formula is C15H17N3O2S. The Morgan fingerprint density at radius 3 is 2.95 bits per heavy atom. The molecule has 1 saturated heterocycles. The van der Waals surface area contributed by atoms with Crippen LogP contribution in [0.25, 0.3) is 0 Å². The Hall–Kier alpha value is -1.95. The van der Waals surface area contributed by atoms with Crippen LogP contribution < -0.4 is 4.74 Å². The Morgan fingerprint density at radius 1 is 1.43 bits per heavy atom. The highest BCUT2D eigenvalue weighted by Gasteiger charge is 2.26. The average molecular weight is 303 g/mol. The summed E-state index contributed by atoms with van der Waals surface area (Å²) in [6.45, 7) is 3.29. The lowest BCUT2D eigenvalue weighted by molar-refractivity contribution is 0.0533. The zero-order valence-electron chi connectivity index (χ0n) is 11.9. The van der Waals surface area contributed by atoms with Gasteiger partial charge < -0.3 is 9.64 Å². The maximum atomic E-state index is 12.4. The number of amides is 1. The number of ether oxygens (including phenoxy) is 1. The van der Waals surface area contributed by atoms with Crippen LogP contribution in [0.3, 0.4) is 0 Å². The molecule has 21 heavy (non-hydrogen) atoms. The molecule has 0 N–H and O–H groups in total. The monoisotopic (exact) mass is 303 g/mol. The molecule has 2 aromatic heterocycles. The molecule has 0 radical (unpaired) electrons. The summed E-state index contributed by atoms with van der Waals surface area (Å²) in [6, 6.07) is 3.68. The van der Waals surface area contributed by atoms with Crippen molar-refractivity contribution >= 4 is 17.2 Å². The van der Waals surface area contributed by atoms with E-state index < -0.39 is 0 Å². The van der Waals surface area contributed by atoms with Gasteiger partial charge in [-0.25, -0.2) is 4.98 Å². The lowest BCUT2D eigenvalue weighted by Crippen LogP contribution is -2.44. The van der Waals surface area contributed by atoms with Crippen LogP contribution in [-0.2, 0) is 0 Å². The van der Waals surface area contributed by atoms with Crippen molar-refractivity contribution in [1.82, 2.24) is 14.9 Å². The second kappa shape index (κ2) is 6.22. The molecule has 1 aliphatic heterocycles. The molecule has 1 amide bonds. The average Bonchev–Trinajstić information content (AvgIpc) is 2.94. The van der Waals surface area contributed by atoms with Crippen molar-refractivity contribution in [2.75, 3.05) is 13.1 Å². The van der Waals surface area contributed by atoms with E-state index in [9.17, 15) is 4.79 Å². The molecule has 0 spiro atoms. The fourth-order valence-electron chi connectivity index (χ4n) is 2.45. The van der Waals surface area contributed by atoms with Crippen LogP contribution in [0.15, 0.2) is 29.9 Å². The summed E-state index contributed by atoms with van der Waals surface area (Å²) < 4.78 is 5.93. The Bertz CT molecular complexity index is 614. The number of aromatic nitrogens is 2. The first-order chi connectivity index (χ1) is 10.2. The lowest BCUT2D eigenvalue weighted by atomic mass is 10.1. The van der Waals surface area contributed by atoms with E-state index in [4.69, 9.17) is 4.74 Å². The quantitative estimate of drug-likeness (QED) is 0.874. The molecular weight excluding hydrogens is 286 g/mol. The van der Waals surface area contributed by atoms with Crippen LogP contribution in [0, 0.1) is 6.92 Å². The molecule has 6 heteroatoms. The van der Waals surface area contributed by atoms with E-state index in [1.165, 1.54) is 11.3 Å². The molecule has 3 rings (SSSR count). The first kappa shape index (κ1) is 14.0. The first-order valence-corrected chi connectivity index (χ1v) is 7.88. The van der Waals surface area contributed by atoms with Gasteiger partial charge in [-0.05, 0) is 31.9 Å². The van der Waals surface area contributed by atoms with E-state index in [2.05, 4.69) is 9.97 Å². The van der Waals surface area contributed by atoms with Crippen LogP contribution in [0.1, 0.15) is 28.3 Å². The second-order valence-electron chi connectivity index (χ2n) is 5.07. The van der Waals surface area contributed by atoms with Gasteiger partial charge in [-0.2, -0.15) is 0 Å². The van der Waals surface area contributed by atoms with Crippen LogP contribution in [0.2, 0.25) is 0 Å². The fraction of sp³-hybridized carbons (Fsp3) is 0.400. The molecule has 1 fully saturated rings. The molecule has 1 unspecified atom stereocenters. The van der Waals surface area contributed by atoms with Crippen LogP contribution in [0.5, 0.6) is 5.75 Å². The number of likely N-dealkylation sites (tertiary alicyclic amines) is 1. The topological polar surface area (TPSA) is 55.3 Å². The fourth-order valence-corrected chi connectivity index (χ4v) is 3.04. The summed E-state index contributed by atoms with van der Waals surface area (Å²) in [6.07, 6.45) is 5.36. The van der Waals surface area contributed by atoms with E-state index >= 15 is 0 Å². The highest BCUT2D eigenvalue weighted by atomic mass is 32.1. The summed E-state index contributed by atoms with van der Waals surface area (Å²) in [5.41, 5.74) is 0.544. The smallest absolute Gasteiger partial charge is 0.273 e. The van der Waals surface area contributed by atoms with Gasteiger partial charge >= 0.3 is 0 Å². The second-order valence-corrected chi connectivity index (χ2v) is 6.13. The molecule has 110 valence electrons.